The molecule has 3 N–H and O–H groups in total. The second-order valence-electron chi connectivity index (χ2n) is 4.04. The van der Waals surface area contributed by atoms with Crippen molar-refractivity contribution >= 4 is 21.5 Å². The summed E-state index contributed by atoms with van der Waals surface area (Å²) in [4.78, 5) is 0. The van der Waals surface area contributed by atoms with Gasteiger partial charge in [-0.25, -0.2) is 0 Å². The molecule has 0 saturated heterocycles. The smallest absolute Gasteiger partial charge is 0.127 e. The number of phenolic OH excluding ortho intramolecular Hbond substituents is 3. The van der Waals surface area contributed by atoms with Crippen LogP contribution < -0.4 is 0 Å². The first-order chi connectivity index (χ1) is 8.15. The van der Waals surface area contributed by atoms with Gasteiger partial charge in [-0.1, -0.05) is 12.1 Å². The topological polar surface area (TPSA) is 60.7 Å². The van der Waals surface area contributed by atoms with E-state index in [9.17, 15) is 15.3 Å². The van der Waals surface area contributed by atoms with Gasteiger partial charge in [0.2, 0.25) is 0 Å². The summed E-state index contributed by atoms with van der Waals surface area (Å²) >= 11 is 0. The van der Waals surface area contributed by atoms with Gasteiger partial charge in [-0.15, -0.1) is 0 Å². The molecule has 3 heteroatoms. The maximum atomic E-state index is 9.76. The molecule has 0 unspecified atom stereocenters. The molecule has 0 aliphatic heterocycles. The van der Waals surface area contributed by atoms with Crippen LogP contribution in [0.5, 0.6) is 17.2 Å². The van der Waals surface area contributed by atoms with Crippen LogP contribution in [0.2, 0.25) is 0 Å². The number of phenols is 3. The molecule has 0 atom stereocenters. The van der Waals surface area contributed by atoms with Gasteiger partial charge in [0.25, 0.3) is 0 Å². The Kier molecular flexibility index (Phi) is 1.89. The lowest BCUT2D eigenvalue weighted by atomic mass is 10.0. The third-order valence-electron chi connectivity index (χ3n) is 2.89. The molecule has 17 heavy (non-hydrogen) atoms. The Balaban J connectivity index is 2.52. The average molecular weight is 226 g/mol. The summed E-state index contributed by atoms with van der Waals surface area (Å²) in [6, 6.07) is 11.6. The Morgan fingerprint density at radius 3 is 2.18 bits per heavy atom. The Bertz CT molecular complexity index is 732. The van der Waals surface area contributed by atoms with Crippen molar-refractivity contribution in [2.75, 3.05) is 0 Å². The molecule has 3 nitrogen and oxygen atoms in total. The van der Waals surface area contributed by atoms with Crippen molar-refractivity contribution in [3.8, 4) is 17.2 Å². The summed E-state index contributed by atoms with van der Waals surface area (Å²) in [7, 11) is 0. The molecule has 0 bridgehead atoms. The van der Waals surface area contributed by atoms with Crippen molar-refractivity contribution in [1.82, 2.24) is 0 Å². The van der Waals surface area contributed by atoms with Crippen LogP contribution in [0.25, 0.3) is 21.5 Å². The van der Waals surface area contributed by atoms with Crippen LogP contribution in [-0.4, -0.2) is 15.3 Å². The van der Waals surface area contributed by atoms with E-state index in [0.717, 1.165) is 5.39 Å². The first-order valence-corrected chi connectivity index (χ1v) is 5.22. The van der Waals surface area contributed by atoms with Gasteiger partial charge >= 0.3 is 0 Å². The fraction of sp³-hybridized carbons (Fsp3) is 0. The molecular formula is C14H10O3. The number of aromatic hydroxyl groups is 3. The van der Waals surface area contributed by atoms with Gasteiger partial charge in [0.1, 0.15) is 17.2 Å². The van der Waals surface area contributed by atoms with Crippen molar-refractivity contribution in [1.29, 1.82) is 0 Å². The van der Waals surface area contributed by atoms with Crippen molar-refractivity contribution in [2.24, 2.45) is 0 Å². The van der Waals surface area contributed by atoms with E-state index in [-0.39, 0.29) is 17.2 Å². The summed E-state index contributed by atoms with van der Waals surface area (Å²) in [6.07, 6.45) is 0. The zero-order valence-corrected chi connectivity index (χ0v) is 8.88. The maximum Gasteiger partial charge on any atom is 0.127 e. The molecule has 3 aromatic rings. The third-order valence-corrected chi connectivity index (χ3v) is 2.89. The molecule has 0 heterocycles. The van der Waals surface area contributed by atoms with E-state index < -0.39 is 0 Å². The van der Waals surface area contributed by atoms with Crippen molar-refractivity contribution in [3.63, 3.8) is 0 Å². The van der Waals surface area contributed by atoms with Crippen LogP contribution >= 0.6 is 0 Å². The fourth-order valence-electron chi connectivity index (χ4n) is 2.09. The quantitative estimate of drug-likeness (QED) is 0.516. The van der Waals surface area contributed by atoms with Crippen LogP contribution in [0.1, 0.15) is 0 Å². The lowest BCUT2D eigenvalue weighted by Crippen LogP contribution is -1.78. The van der Waals surface area contributed by atoms with E-state index >= 15 is 0 Å². The van der Waals surface area contributed by atoms with Gasteiger partial charge in [-0.2, -0.15) is 0 Å². The van der Waals surface area contributed by atoms with Crippen LogP contribution in [0.4, 0.5) is 0 Å². The summed E-state index contributed by atoms with van der Waals surface area (Å²) in [5, 5.41) is 31.8. The lowest BCUT2D eigenvalue weighted by Gasteiger charge is -2.06. The number of hydrogen-bond donors (Lipinski definition) is 3. The minimum Gasteiger partial charge on any atom is -0.508 e. The largest absolute Gasteiger partial charge is 0.508 e. The number of fused-ring (bicyclic) bond motifs is 2. The second-order valence-corrected chi connectivity index (χ2v) is 4.04. The molecule has 0 radical (unpaired) electrons. The highest BCUT2D eigenvalue weighted by molar-refractivity contribution is 6.03. The average Bonchev–Trinajstić information content (AvgIpc) is 2.28. The molecule has 0 aliphatic carbocycles. The van der Waals surface area contributed by atoms with E-state index in [4.69, 9.17) is 0 Å². The standard InChI is InChI=1S/C14H10O3/c15-10-4-9-6-11-8(2-1-3-13(11)16)5-12(9)14(17)7-10/h1-7,15-17H. The predicted octanol–water partition coefficient (Wildman–Crippen LogP) is 3.11. The van der Waals surface area contributed by atoms with E-state index in [2.05, 4.69) is 0 Å². The van der Waals surface area contributed by atoms with E-state index in [1.165, 1.54) is 6.07 Å². The first-order valence-electron chi connectivity index (χ1n) is 5.22. The summed E-state index contributed by atoms with van der Waals surface area (Å²) < 4.78 is 0. The highest BCUT2D eigenvalue weighted by Gasteiger charge is 2.06. The van der Waals surface area contributed by atoms with E-state index in [0.29, 0.717) is 16.2 Å². The minimum absolute atomic E-state index is 0.00442. The van der Waals surface area contributed by atoms with E-state index in [1.54, 1.807) is 30.3 Å². The molecule has 3 rings (SSSR count). The molecule has 0 aromatic heterocycles. The highest BCUT2D eigenvalue weighted by Crippen LogP contribution is 2.35. The van der Waals surface area contributed by atoms with E-state index in [1.807, 2.05) is 6.07 Å². The lowest BCUT2D eigenvalue weighted by molar-refractivity contribution is 0.455. The van der Waals surface area contributed by atoms with Crippen LogP contribution in [0.3, 0.4) is 0 Å². The molecule has 3 aromatic carbocycles. The molecule has 0 spiro atoms. The Hall–Kier alpha value is -2.42. The second kappa shape index (κ2) is 3.28. The van der Waals surface area contributed by atoms with Crippen LogP contribution in [-0.2, 0) is 0 Å². The Morgan fingerprint density at radius 1 is 0.647 bits per heavy atom. The van der Waals surface area contributed by atoms with Gasteiger partial charge in [0.05, 0.1) is 0 Å². The first kappa shape index (κ1) is 9.78. The van der Waals surface area contributed by atoms with Crippen LogP contribution in [0.15, 0.2) is 42.5 Å². The van der Waals surface area contributed by atoms with Gasteiger partial charge in [0.15, 0.2) is 0 Å². The van der Waals surface area contributed by atoms with Crippen molar-refractivity contribution in [3.05, 3.63) is 42.5 Å². The molecule has 0 fully saturated rings. The zero-order valence-electron chi connectivity index (χ0n) is 8.88. The van der Waals surface area contributed by atoms with Crippen LogP contribution in [0, 0.1) is 0 Å². The summed E-state index contributed by atoms with van der Waals surface area (Å²) in [5.74, 6) is 0.224. The van der Waals surface area contributed by atoms with Gasteiger partial charge < -0.3 is 15.3 Å². The summed E-state index contributed by atoms with van der Waals surface area (Å²) in [6.45, 7) is 0. The van der Waals surface area contributed by atoms with Crippen molar-refractivity contribution < 1.29 is 15.3 Å². The summed E-state index contributed by atoms with van der Waals surface area (Å²) in [5.41, 5.74) is 0. The van der Waals surface area contributed by atoms with Gasteiger partial charge in [-0.3, -0.25) is 0 Å². The number of hydrogen-bond acceptors (Lipinski definition) is 3. The van der Waals surface area contributed by atoms with Gasteiger partial charge in [0, 0.05) is 16.8 Å². The predicted molar refractivity (Wildman–Crippen MR) is 66.4 cm³/mol. The molecule has 0 amide bonds. The number of benzene rings is 3. The molecule has 84 valence electrons. The van der Waals surface area contributed by atoms with Crippen molar-refractivity contribution in [2.45, 2.75) is 0 Å². The normalized spacial score (nSPS) is 11.1. The Labute approximate surface area is 97.2 Å². The number of rotatable bonds is 0. The third kappa shape index (κ3) is 1.44. The fourth-order valence-corrected chi connectivity index (χ4v) is 2.09. The molecular weight excluding hydrogens is 216 g/mol. The van der Waals surface area contributed by atoms with Gasteiger partial charge in [-0.05, 0) is 35.0 Å². The molecule has 0 aliphatic rings. The highest BCUT2D eigenvalue weighted by atomic mass is 16.3. The minimum atomic E-state index is 0.00442. The molecule has 0 saturated carbocycles. The monoisotopic (exact) mass is 226 g/mol. The SMILES string of the molecule is Oc1cc(O)c2cc3cccc(O)c3cc2c1. The Morgan fingerprint density at radius 2 is 1.35 bits per heavy atom. The maximum absolute atomic E-state index is 9.76. The zero-order chi connectivity index (χ0) is 12.0.